The number of nitrogens with zero attached hydrogens (tertiary/aromatic N) is 1. The number of amides is 1. The standard InChI is InChI=1S/C12H23NO3S/c1-5-12(6-2,11(15)16)9-10(14)13(3)7-8-17-4/h5-9H2,1-4H3,(H,15,16). The van der Waals surface area contributed by atoms with Crippen LogP contribution in [0.1, 0.15) is 33.1 Å². The van der Waals surface area contributed by atoms with Gasteiger partial charge in [0.2, 0.25) is 5.91 Å². The molecule has 0 aromatic heterocycles. The van der Waals surface area contributed by atoms with Gasteiger partial charge in [-0.05, 0) is 19.1 Å². The fourth-order valence-electron chi connectivity index (χ4n) is 1.66. The Balaban J connectivity index is 4.56. The fraction of sp³-hybridized carbons (Fsp3) is 0.833. The maximum absolute atomic E-state index is 11.9. The lowest BCUT2D eigenvalue weighted by Gasteiger charge is -2.28. The Morgan fingerprint density at radius 3 is 2.18 bits per heavy atom. The molecule has 0 unspecified atom stereocenters. The average molecular weight is 261 g/mol. The highest BCUT2D eigenvalue weighted by molar-refractivity contribution is 7.98. The number of carbonyl (C=O) groups excluding carboxylic acids is 1. The van der Waals surface area contributed by atoms with E-state index in [1.807, 2.05) is 20.1 Å². The van der Waals surface area contributed by atoms with Gasteiger partial charge in [-0.2, -0.15) is 11.8 Å². The largest absolute Gasteiger partial charge is 0.481 e. The van der Waals surface area contributed by atoms with Crippen LogP contribution in [0.3, 0.4) is 0 Å². The monoisotopic (exact) mass is 261 g/mol. The Hall–Kier alpha value is -0.710. The van der Waals surface area contributed by atoms with Crippen LogP contribution in [0, 0.1) is 5.41 Å². The predicted octanol–water partition coefficient (Wildman–Crippen LogP) is 2.09. The first-order valence-electron chi connectivity index (χ1n) is 5.89. The molecular weight excluding hydrogens is 238 g/mol. The van der Waals surface area contributed by atoms with E-state index in [9.17, 15) is 14.7 Å². The number of hydrogen-bond acceptors (Lipinski definition) is 3. The van der Waals surface area contributed by atoms with Crippen LogP contribution in [0.25, 0.3) is 0 Å². The first kappa shape index (κ1) is 16.3. The van der Waals surface area contributed by atoms with Crippen LogP contribution in [0.5, 0.6) is 0 Å². The number of rotatable bonds is 8. The number of carboxylic acid groups (broad SMARTS) is 1. The van der Waals surface area contributed by atoms with Crippen molar-refractivity contribution in [3.05, 3.63) is 0 Å². The minimum absolute atomic E-state index is 0.0786. The molecule has 0 fully saturated rings. The predicted molar refractivity (Wildman–Crippen MR) is 71.3 cm³/mol. The summed E-state index contributed by atoms with van der Waals surface area (Å²) in [5.41, 5.74) is -0.898. The van der Waals surface area contributed by atoms with E-state index >= 15 is 0 Å². The lowest BCUT2D eigenvalue weighted by Crippen LogP contribution is -2.38. The lowest BCUT2D eigenvalue weighted by atomic mass is 9.79. The molecule has 0 aliphatic heterocycles. The summed E-state index contributed by atoms with van der Waals surface area (Å²) in [4.78, 5) is 24.8. The van der Waals surface area contributed by atoms with Crippen molar-refractivity contribution in [2.24, 2.45) is 5.41 Å². The summed E-state index contributed by atoms with van der Waals surface area (Å²) in [7, 11) is 1.73. The second-order valence-corrected chi connectivity index (χ2v) is 5.26. The number of carboxylic acids is 1. The van der Waals surface area contributed by atoms with Gasteiger partial charge in [0.25, 0.3) is 0 Å². The minimum atomic E-state index is -0.898. The van der Waals surface area contributed by atoms with Crippen molar-refractivity contribution in [1.82, 2.24) is 4.90 Å². The Labute approximate surface area is 108 Å². The first-order valence-corrected chi connectivity index (χ1v) is 7.29. The van der Waals surface area contributed by atoms with E-state index in [2.05, 4.69) is 0 Å². The number of hydrogen-bond donors (Lipinski definition) is 1. The molecule has 0 radical (unpaired) electrons. The molecule has 0 aliphatic carbocycles. The van der Waals surface area contributed by atoms with Gasteiger partial charge in [-0.3, -0.25) is 9.59 Å². The van der Waals surface area contributed by atoms with Gasteiger partial charge >= 0.3 is 5.97 Å². The third-order valence-corrected chi connectivity index (χ3v) is 3.94. The van der Waals surface area contributed by atoms with E-state index in [0.717, 1.165) is 5.75 Å². The summed E-state index contributed by atoms with van der Waals surface area (Å²) in [6, 6.07) is 0. The summed E-state index contributed by atoms with van der Waals surface area (Å²) >= 11 is 1.67. The van der Waals surface area contributed by atoms with Crippen molar-refractivity contribution in [2.75, 3.05) is 25.6 Å². The molecule has 0 heterocycles. The molecule has 0 saturated heterocycles. The van der Waals surface area contributed by atoms with Gasteiger partial charge in [0.1, 0.15) is 0 Å². The van der Waals surface area contributed by atoms with Gasteiger partial charge in [0.15, 0.2) is 0 Å². The number of thioether (sulfide) groups is 1. The molecule has 0 saturated carbocycles. The van der Waals surface area contributed by atoms with Crippen LogP contribution in [0.15, 0.2) is 0 Å². The molecule has 0 spiro atoms. The van der Waals surface area contributed by atoms with Crippen molar-refractivity contribution >= 4 is 23.6 Å². The maximum atomic E-state index is 11.9. The summed E-state index contributed by atoms with van der Waals surface area (Å²) < 4.78 is 0. The minimum Gasteiger partial charge on any atom is -0.481 e. The second kappa shape index (κ2) is 7.58. The molecule has 0 aliphatic rings. The van der Waals surface area contributed by atoms with Crippen molar-refractivity contribution in [2.45, 2.75) is 33.1 Å². The third kappa shape index (κ3) is 4.58. The van der Waals surface area contributed by atoms with Crippen LogP contribution < -0.4 is 0 Å². The van der Waals surface area contributed by atoms with Crippen LogP contribution in [0.2, 0.25) is 0 Å². The highest BCUT2D eigenvalue weighted by Gasteiger charge is 2.37. The SMILES string of the molecule is CCC(CC)(CC(=O)N(C)CCSC)C(=O)O. The van der Waals surface area contributed by atoms with E-state index in [1.54, 1.807) is 23.7 Å². The molecule has 1 N–H and O–H groups in total. The Morgan fingerprint density at radius 1 is 1.29 bits per heavy atom. The second-order valence-electron chi connectivity index (χ2n) is 4.28. The van der Waals surface area contributed by atoms with Crippen LogP contribution >= 0.6 is 11.8 Å². The molecule has 0 atom stereocenters. The highest BCUT2D eigenvalue weighted by Crippen LogP contribution is 2.31. The summed E-state index contributed by atoms with van der Waals surface area (Å²) in [5.74, 6) is -0.0696. The lowest BCUT2D eigenvalue weighted by molar-refractivity contribution is -0.154. The Kier molecular flexibility index (Phi) is 7.27. The van der Waals surface area contributed by atoms with Gasteiger partial charge in [-0.25, -0.2) is 0 Å². The van der Waals surface area contributed by atoms with Gasteiger partial charge in [-0.15, -0.1) is 0 Å². The molecular formula is C12H23NO3S. The molecule has 0 bridgehead atoms. The molecule has 4 nitrogen and oxygen atoms in total. The number of aliphatic carboxylic acids is 1. The zero-order valence-corrected chi connectivity index (χ0v) is 12.0. The molecule has 0 rings (SSSR count). The van der Waals surface area contributed by atoms with E-state index in [1.165, 1.54) is 0 Å². The summed E-state index contributed by atoms with van der Waals surface area (Å²) in [5, 5.41) is 9.26. The zero-order valence-electron chi connectivity index (χ0n) is 11.2. The van der Waals surface area contributed by atoms with Crippen molar-refractivity contribution in [3.8, 4) is 0 Å². The quantitative estimate of drug-likeness (QED) is 0.727. The molecule has 0 aromatic rings. The van der Waals surface area contributed by atoms with Crippen molar-refractivity contribution < 1.29 is 14.7 Å². The van der Waals surface area contributed by atoms with Crippen LogP contribution in [-0.2, 0) is 9.59 Å². The summed E-state index contributed by atoms with van der Waals surface area (Å²) in [6.07, 6.45) is 3.06. The first-order chi connectivity index (χ1) is 7.93. The molecule has 17 heavy (non-hydrogen) atoms. The van der Waals surface area contributed by atoms with E-state index in [0.29, 0.717) is 19.4 Å². The van der Waals surface area contributed by atoms with Gasteiger partial charge in [-0.1, -0.05) is 13.8 Å². The smallest absolute Gasteiger partial charge is 0.310 e. The third-order valence-electron chi connectivity index (χ3n) is 3.35. The average Bonchev–Trinajstić information content (AvgIpc) is 2.32. The van der Waals surface area contributed by atoms with Crippen LogP contribution in [-0.4, -0.2) is 47.5 Å². The van der Waals surface area contributed by atoms with E-state index in [4.69, 9.17) is 0 Å². The fourth-order valence-corrected chi connectivity index (χ4v) is 2.11. The normalized spacial score (nSPS) is 11.3. The molecule has 5 heteroatoms. The maximum Gasteiger partial charge on any atom is 0.310 e. The zero-order chi connectivity index (χ0) is 13.5. The van der Waals surface area contributed by atoms with Crippen molar-refractivity contribution in [1.29, 1.82) is 0 Å². The van der Waals surface area contributed by atoms with E-state index in [-0.39, 0.29) is 12.3 Å². The highest BCUT2D eigenvalue weighted by atomic mass is 32.2. The molecule has 0 aromatic carbocycles. The van der Waals surface area contributed by atoms with Gasteiger partial charge < -0.3 is 10.0 Å². The molecule has 1 amide bonds. The Morgan fingerprint density at radius 2 is 1.82 bits per heavy atom. The van der Waals surface area contributed by atoms with Gasteiger partial charge in [0, 0.05) is 25.8 Å². The number of carbonyl (C=O) groups is 2. The van der Waals surface area contributed by atoms with Crippen molar-refractivity contribution in [3.63, 3.8) is 0 Å². The van der Waals surface area contributed by atoms with Crippen LogP contribution in [0.4, 0.5) is 0 Å². The van der Waals surface area contributed by atoms with Gasteiger partial charge in [0.05, 0.1) is 5.41 Å². The topological polar surface area (TPSA) is 57.6 Å². The summed E-state index contributed by atoms with van der Waals surface area (Å²) in [6.45, 7) is 4.32. The van der Waals surface area contributed by atoms with E-state index < -0.39 is 11.4 Å². The molecule has 100 valence electrons. The Bertz CT molecular complexity index is 264.